The fourth-order valence-electron chi connectivity index (χ4n) is 2.35. The summed E-state index contributed by atoms with van der Waals surface area (Å²) in [6.07, 6.45) is 2.74. The standard InChI is InChI=1S/C20H15N5O3/c1-28-20(27)15-4-2-3-5-16(15)25-19(26)17-11-23-18(12-22-17)24-14-8-6-13(10-21)7-9-14/h2-9,11-12H,1H3,(H,23,24)(H,25,26). The molecule has 0 radical (unpaired) electrons. The SMILES string of the molecule is COC(=O)c1ccccc1NC(=O)c1cnc(Nc2ccc(C#N)cc2)cn1. The molecule has 1 heterocycles. The molecule has 0 atom stereocenters. The number of para-hydroxylation sites is 1. The van der Waals surface area contributed by atoms with Crippen LogP contribution < -0.4 is 10.6 Å². The average molecular weight is 373 g/mol. The van der Waals surface area contributed by atoms with E-state index in [0.717, 1.165) is 5.69 Å². The molecule has 1 amide bonds. The minimum atomic E-state index is -0.552. The van der Waals surface area contributed by atoms with Crippen LogP contribution in [0.1, 0.15) is 26.4 Å². The Morgan fingerprint density at radius 2 is 1.79 bits per heavy atom. The average Bonchev–Trinajstić information content (AvgIpc) is 2.74. The van der Waals surface area contributed by atoms with Crippen LogP contribution in [-0.2, 0) is 4.74 Å². The molecule has 1 aromatic heterocycles. The van der Waals surface area contributed by atoms with Gasteiger partial charge in [0.1, 0.15) is 11.5 Å². The first-order chi connectivity index (χ1) is 13.6. The third kappa shape index (κ3) is 4.28. The largest absolute Gasteiger partial charge is 0.465 e. The van der Waals surface area contributed by atoms with Gasteiger partial charge in [-0.3, -0.25) is 4.79 Å². The van der Waals surface area contributed by atoms with E-state index in [1.165, 1.54) is 19.5 Å². The van der Waals surface area contributed by atoms with Gasteiger partial charge in [0.05, 0.1) is 42.4 Å². The number of benzene rings is 2. The molecule has 0 aliphatic rings. The Hall–Kier alpha value is -4.25. The van der Waals surface area contributed by atoms with Crippen LogP contribution in [0.4, 0.5) is 17.2 Å². The van der Waals surface area contributed by atoms with Crippen LogP contribution in [0.3, 0.4) is 0 Å². The zero-order valence-corrected chi connectivity index (χ0v) is 14.8. The molecule has 0 bridgehead atoms. The smallest absolute Gasteiger partial charge is 0.339 e. The van der Waals surface area contributed by atoms with Gasteiger partial charge in [-0.25, -0.2) is 14.8 Å². The van der Waals surface area contributed by atoms with Gasteiger partial charge in [-0.2, -0.15) is 5.26 Å². The number of nitrogens with one attached hydrogen (secondary N) is 2. The number of nitrogens with zero attached hydrogens (tertiary/aromatic N) is 3. The van der Waals surface area contributed by atoms with E-state index in [2.05, 4.69) is 20.6 Å². The van der Waals surface area contributed by atoms with Crippen LogP contribution in [0, 0.1) is 11.3 Å². The number of amides is 1. The monoisotopic (exact) mass is 373 g/mol. The quantitative estimate of drug-likeness (QED) is 0.660. The second-order valence-electron chi connectivity index (χ2n) is 5.59. The Morgan fingerprint density at radius 1 is 1.04 bits per heavy atom. The fourth-order valence-corrected chi connectivity index (χ4v) is 2.35. The summed E-state index contributed by atoms with van der Waals surface area (Å²) in [7, 11) is 1.27. The summed E-state index contributed by atoms with van der Waals surface area (Å²) in [6, 6.07) is 15.4. The van der Waals surface area contributed by atoms with Gasteiger partial charge >= 0.3 is 5.97 Å². The van der Waals surface area contributed by atoms with E-state index in [1.807, 2.05) is 6.07 Å². The van der Waals surface area contributed by atoms with Crippen molar-refractivity contribution in [3.8, 4) is 6.07 Å². The normalized spacial score (nSPS) is 9.86. The molecule has 2 N–H and O–H groups in total. The Bertz CT molecular complexity index is 1040. The van der Waals surface area contributed by atoms with Crippen molar-refractivity contribution in [1.29, 1.82) is 5.26 Å². The van der Waals surface area contributed by atoms with Gasteiger partial charge in [-0.1, -0.05) is 12.1 Å². The van der Waals surface area contributed by atoms with E-state index < -0.39 is 11.9 Å². The van der Waals surface area contributed by atoms with E-state index in [9.17, 15) is 9.59 Å². The minimum Gasteiger partial charge on any atom is -0.465 e. The molecule has 0 saturated carbocycles. The summed E-state index contributed by atoms with van der Waals surface area (Å²) < 4.78 is 4.71. The molecule has 138 valence electrons. The summed E-state index contributed by atoms with van der Waals surface area (Å²) in [5.74, 6) is -0.617. The topological polar surface area (TPSA) is 117 Å². The van der Waals surface area contributed by atoms with Crippen molar-refractivity contribution in [3.63, 3.8) is 0 Å². The van der Waals surface area contributed by atoms with Gasteiger partial charge < -0.3 is 15.4 Å². The molecular weight excluding hydrogens is 358 g/mol. The van der Waals surface area contributed by atoms with E-state index in [1.54, 1.807) is 48.5 Å². The Labute approximate surface area is 160 Å². The molecule has 3 aromatic rings. The molecule has 0 aliphatic heterocycles. The lowest BCUT2D eigenvalue weighted by Gasteiger charge is -2.09. The molecule has 8 heteroatoms. The first-order valence-corrected chi connectivity index (χ1v) is 8.18. The van der Waals surface area contributed by atoms with E-state index in [0.29, 0.717) is 17.1 Å². The number of nitriles is 1. The molecule has 2 aromatic carbocycles. The number of carbonyl (C=O) groups excluding carboxylic acids is 2. The summed E-state index contributed by atoms with van der Waals surface area (Å²) in [6.45, 7) is 0. The molecule has 0 unspecified atom stereocenters. The van der Waals surface area contributed by atoms with Crippen molar-refractivity contribution in [2.75, 3.05) is 17.7 Å². The highest BCUT2D eigenvalue weighted by atomic mass is 16.5. The maximum absolute atomic E-state index is 12.4. The summed E-state index contributed by atoms with van der Waals surface area (Å²) in [5, 5.41) is 14.5. The van der Waals surface area contributed by atoms with E-state index >= 15 is 0 Å². The van der Waals surface area contributed by atoms with Crippen molar-refractivity contribution in [2.45, 2.75) is 0 Å². The fraction of sp³-hybridized carbons (Fsp3) is 0.0500. The maximum atomic E-state index is 12.4. The van der Waals surface area contributed by atoms with E-state index in [-0.39, 0.29) is 11.3 Å². The van der Waals surface area contributed by atoms with E-state index in [4.69, 9.17) is 10.00 Å². The number of aromatic nitrogens is 2. The number of methoxy groups -OCH3 is 1. The van der Waals surface area contributed by atoms with Gasteiger partial charge in [-0.15, -0.1) is 0 Å². The first-order valence-electron chi connectivity index (χ1n) is 8.18. The van der Waals surface area contributed by atoms with Crippen LogP contribution in [-0.4, -0.2) is 29.0 Å². The van der Waals surface area contributed by atoms with Crippen LogP contribution in [0.15, 0.2) is 60.9 Å². The van der Waals surface area contributed by atoms with Crippen LogP contribution in [0.25, 0.3) is 0 Å². The van der Waals surface area contributed by atoms with Gasteiger partial charge in [0, 0.05) is 5.69 Å². The number of carbonyl (C=O) groups is 2. The molecule has 3 rings (SSSR count). The second kappa shape index (κ2) is 8.42. The van der Waals surface area contributed by atoms with Crippen molar-refractivity contribution < 1.29 is 14.3 Å². The summed E-state index contributed by atoms with van der Waals surface area (Å²) in [4.78, 5) is 32.4. The minimum absolute atomic E-state index is 0.0880. The van der Waals surface area contributed by atoms with Gasteiger partial charge in [-0.05, 0) is 36.4 Å². The Morgan fingerprint density at radius 3 is 2.43 bits per heavy atom. The molecule has 0 fully saturated rings. The molecule has 0 aliphatic carbocycles. The lowest BCUT2D eigenvalue weighted by atomic mass is 10.1. The first kappa shape index (κ1) is 18.5. The maximum Gasteiger partial charge on any atom is 0.339 e. The van der Waals surface area contributed by atoms with Crippen LogP contribution in [0.2, 0.25) is 0 Å². The lowest BCUT2D eigenvalue weighted by Crippen LogP contribution is -2.17. The summed E-state index contributed by atoms with van der Waals surface area (Å²) >= 11 is 0. The lowest BCUT2D eigenvalue weighted by molar-refractivity contribution is 0.0602. The number of hydrogen-bond donors (Lipinski definition) is 2. The van der Waals surface area contributed by atoms with Crippen molar-refractivity contribution in [3.05, 3.63) is 77.7 Å². The van der Waals surface area contributed by atoms with Gasteiger partial charge in [0.15, 0.2) is 0 Å². The molecule has 8 nitrogen and oxygen atoms in total. The highest BCUT2D eigenvalue weighted by Gasteiger charge is 2.15. The van der Waals surface area contributed by atoms with Crippen molar-refractivity contribution >= 4 is 29.1 Å². The highest BCUT2D eigenvalue weighted by molar-refractivity contribution is 6.06. The molecule has 0 spiro atoms. The predicted molar refractivity (Wildman–Crippen MR) is 102 cm³/mol. The Kier molecular flexibility index (Phi) is 5.58. The van der Waals surface area contributed by atoms with Crippen molar-refractivity contribution in [1.82, 2.24) is 9.97 Å². The number of ether oxygens (including phenoxy) is 1. The van der Waals surface area contributed by atoms with Crippen LogP contribution in [0.5, 0.6) is 0 Å². The third-order valence-corrected chi connectivity index (χ3v) is 3.75. The Balaban J connectivity index is 1.70. The molecule has 28 heavy (non-hydrogen) atoms. The number of hydrogen-bond acceptors (Lipinski definition) is 7. The number of esters is 1. The second-order valence-corrected chi connectivity index (χ2v) is 5.59. The number of anilines is 3. The highest BCUT2D eigenvalue weighted by Crippen LogP contribution is 2.18. The van der Waals surface area contributed by atoms with Gasteiger partial charge in [0.25, 0.3) is 5.91 Å². The van der Waals surface area contributed by atoms with Crippen molar-refractivity contribution in [2.24, 2.45) is 0 Å². The van der Waals surface area contributed by atoms with Crippen LogP contribution >= 0.6 is 0 Å². The molecule has 0 saturated heterocycles. The zero-order chi connectivity index (χ0) is 19.9. The third-order valence-electron chi connectivity index (χ3n) is 3.75. The number of rotatable bonds is 5. The molecular formula is C20H15N5O3. The zero-order valence-electron chi connectivity index (χ0n) is 14.8. The predicted octanol–water partition coefficient (Wildman–Crippen LogP) is 3.13. The van der Waals surface area contributed by atoms with Gasteiger partial charge in [0.2, 0.25) is 0 Å². The summed E-state index contributed by atoms with van der Waals surface area (Å²) in [5.41, 5.74) is 1.93.